The van der Waals surface area contributed by atoms with Crippen molar-refractivity contribution >= 4 is 44.9 Å². The normalized spacial score (nSPS) is 12.6. The number of carbonyl (C=O) groups is 1. The third kappa shape index (κ3) is 3.29. The van der Waals surface area contributed by atoms with Crippen LogP contribution in [0.1, 0.15) is 27.9 Å². The summed E-state index contributed by atoms with van der Waals surface area (Å²) in [6, 6.07) is 0. The van der Waals surface area contributed by atoms with E-state index < -0.39 is 0 Å². The highest BCUT2D eigenvalue weighted by Gasteiger charge is 2.20. The molecular weight excluding hydrogens is 304 g/mol. The van der Waals surface area contributed by atoms with Gasteiger partial charge in [0.15, 0.2) is 0 Å². The van der Waals surface area contributed by atoms with Crippen LogP contribution in [0.4, 0.5) is 5.69 Å². The van der Waals surface area contributed by atoms with Crippen LogP contribution in [-0.2, 0) is 0 Å². The molecule has 2 aromatic rings. The van der Waals surface area contributed by atoms with E-state index >= 15 is 0 Å². The van der Waals surface area contributed by atoms with Crippen molar-refractivity contribution in [3.63, 3.8) is 0 Å². The van der Waals surface area contributed by atoms with E-state index in [1.165, 1.54) is 11.3 Å². The minimum absolute atomic E-state index is 0.125. The van der Waals surface area contributed by atoms with E-state index in [9.17, 15) is 4.79 Å². The van der Waals surface area contributed by atoms with Crippen LogP contribution in [0.2, 0.25) is 0 Å². The molecule has 0 fully saturated rings. The van der Waals surface area contributed by atoms with Gasteiger partial charge in [-0.2, -0.15) is 16.9 Å². The number of thioether (sulfide) groups is 1. The van der Waals surface area contributed by atoms with E-state index in [0.29, 0.717) is 23.0 Å². The highest BCUT2D eigenvalue weighted by molar-refractivity contribution is 7.98. The number of carbonyl (C=O) groups excluding carboxylic acids is 1. The predicted molar refractivity (Wildman–Crippen MR) is 91.2 cm³/mol. The quantitative estimate of drug-likeness (QED) is 0.883. The van der Waals surface area contributed by atoms with E-state index in [1.54, 1.807) is 11.8 Å². The summed E-state index contributed by atoms with van der Waals surface area (Å²) in [6.45, 7) is 6.61. The molecule has 0 aliphatic rings. The van der Waals surface area contributed by atoms with Gasteiger partial charge in [-0.3, -0.25) is 4.79 Å². The predicted octanol–water partition coefficient (Wildman–Crippen LogP) is 2.62. The zero-order valence-corrected chi connectivity index (χ0v) is 14.3. The summed E-state index contributed by atoms with van der Waals surface area (Å²) in [5, 5.41) is 12.0. The number of aryl methyl sites for hydroxylation is 2. The molecule has 2 rings (SSSR count). The Morgan fingerprint density at radius 3 is 2.81 bits per heavy atom. The van der Waals surface area contributed by atoms with Gasteiger partial charge in [0, 0.05) is 11.9 Å². The summed E-state index contributed by atoms with van der Waals surface area (Å²) < 4.78 is 0. The van der Waals surface area contributed by atoms with Crippen molar-refractivity contribution in [3.05, 3.63) is 16.1 Å². The van der Waals surface area contributed by atoms with Gasteiger partial charge in [0.25, 0.3) is 5.91 Å². The summed E-state index contributed by atoms with van der Waals surface area (Å²) in [7, 11) is 0. The van der Waals surface area contributed by atoms with E-state index in [-0.39, 0.29) is 5.91 Å². The van der Waals surface area contributed by atoms with Gasteiger partial charge in [-0.15, -0.1) is 16.4 Å². The number of hydrogen-bond acceptors (Lipinski definition) is 6. The molecule has 1 unspecified atom stereocenters. The number of amides is 1. The average Bonchev–Trinajstić information content (AvgIpc) is 2.78. The summed E-state index contributed by atoms with van der Waals surface area (Å²) in [5.41, 5.74) is 8.50. The van der Waals surface area contributed by atoms with Crippen LogP contribution < -0.4 is 11.1 Å². The first-order valence-electron chi connectivity index (χ1n) is 6.74. The van der Waals surface area contributed by atoms with Crippen molar-refractivity contribution in [2.24, 2.45) is 5.92 Å². The van der Waals surface area contributed by atoms with Gasteiger partial charge in [-0.1, -0.05) is 6.92 Å². The number of nitrogens with one attached hydrogen (secondary N) is 1. The lowest BCUT2D eigenvalue weighted by molar-refractivity contribution is 0.0954. The Morgan fingerprint density at radius 2 is 2.14 bits per heavy atom. The molecule has 3 N–H and O–H groups in total. The van der Waals surface area contributed by atoms with Crippen molar-refractivity contribution in [3.8, 4) is 0 Å². The molecule has 0 aliphatic carbocycles. The molecule has 0 bridgehead atoms. The van der Waals surface area contributed by atoms with Crippen LogP contribution in [-0.4, -0.2) is 34.7 Å². The molecule has 7 heteroatoms. The molecule has 0 spiro atoms. The molecule has 21 heavy (non-hydrogen) atoms. The Labute approximate surface area is 132 Å². The third-order valence-corrected chi connectivity index (χ3v) is 5.39. The third-order valence-electron chi connectivity index (χ3n) is 3.40. The van der Waals surface area contributed by atoms with E-state index in [2.05, 4.69) is 28.7 Å². The molecule has 0 saturated carbocycles. The topological polar surface area (TPSA) is 80.9 Å². The van der Waals surface area contributed by atoms with Crippen molar-refractivity contribution < 1.29 is 4.79 Å². The second-order valence-corrected chi connectivity index (χ2v) is 7.12. The van der Waals surface area contributed by atoms with E-state index in [4.69, 9.17) is 5.73 Å². The maximum Gasteiger partial charge on any atom is 0.263 e. The molecule has 114 valence electrons. The standard InChI is InChI=1S/C14H20N4OS2/c1-7(6-20-4)5-16-13(19)12-11(15)10-8(2)9(3)17-18-14(10)21-12/h7H,5-6,15H2,1-4H3,(H,16,19). The van der Waals surface area contributed by atoms with Crippen LogP contribution in [0.5, 0.6) is 0 Å². The molecule has 2 heterocycles. The summed E-state index contributed by atoms with van der Waals surface area (Å²) in [5.74, 6) is 1.33. The first-order chi connectivity index (χ1) is 9.95. The lowest BCUT2D eigenvalue weighted by Crippen LogP contribution is -2.29. The molecule has 1 atom stereocenters. The molecule has 0 saturated heterocycles. The molecule has 0 aliphatic heterocycles. The Kier molecular flexibility index (Phi) is 5.05. The van der Waals surface area contributed by atoms with Crippen molar-refractivity contribution in [1.82, 2.24) is 15.5 Å². The number of nitrogen functional groups attached to an aromatic ring is 1. The number of aromatic nitrogens is 2. The van der Waals surface area contributed by atoms with Crippen molar-refractivity contribution in [2.75, 3.05) is 24.3 Å². The van der Waals surface area contributed by atoms with Crippen LogP contribution >= 0.6 is 23.1 Å². The van der Waals surface area contributed by atoms with Gasteiger partial charge < -0.3 is 11.1 Å². The lowest BCUT2D eigenvalue weighted by atomic mass is 10.1. The van der Waals surface area contributed by atoms with Crippen LogP contribution in [0.25, 0.3) is 10.2 Å². The van der Waals surface area contributed by atoms with E-state index in [0.717, 1.165) is 27.2 Å². The first kappa shape index (κ1) is 16.0. The van der Waals surface area contributed by atoms with Crippen molar-refractivity contribution in [2.45, 2.75) is 20.8 Å². The molecule has 5 nitrogen and oxygen atoms in total. The first-order valence-corrected chi connectivity index (χ1v) is 8.95. The number of rotatable bonds is 5. The van der Waals surface area contributed by atoms with Crippen molar-refractivity contribution in [1.29, 1.82) is 0 Å². The second-order valence-electron chi connectivity index (χ2n) is 5.21. The zero-order chi connectivity index (χ0) is 15.6. The summed E-state index contributed by atoms with van der Waals surface area (Å²) >= 11 is 3.08. The van der Waals surface area contributed by atoms with Crippen LogP contribution in [0.3, 0.4) is 0 Å². The summed E-state index contributed by atoms with van der Waals surface area (Å²) in [6.07, 6.45) is 2.06. The molecular formula is C14H20N4OS2. The number of nitrogens with two attached hydrogens (primary N) is 1. The SMILES string of the molecule is CSCC(C)CNC(=O)c1sc2nnc(C)c(C)c2c1N. The van der Waals surface area contributed by atoms with Gasteiger partial charge >= 0.3 is 0 Å². The van der Waals surface area contributed by atoms with Crippen LogP contribution in [0.15, 0.2) is 0 Å². The fourth-order valence-electron chi connectivity index (χ4n) is 2.10. The largest absolute Gasteiger partial charge is 0.397 e. The molecule has 1 amide bonds. The fraction of sp³-hybridized carbons (Fsp3) is 0.500. The highest BCUT2D eigenvalue weighted by atomic mass is 32.2. The molecule has 0 radical (unpaired) electrons. The number of thiophene rings is 1. The maximum atomic E-state index is 12.3. The minimum atomic E-state index is -0.125. The van der Waals surface area contributed by atoms with Gasteiger partial charge in [0.1, 0.15) is 9.71 Å². The number of hydrogen-bond donors (Lipinski definition) is 2. The maximum absolute atomic E-state index is 12.3. The Bertz CT molecular complexity index is 669. The van der Waals surface area contributed by atoms with Gasteiger partial charge in [0.05, 0.1) is 11.4 Å². The Hall–Kier alpha value is -1.34. The number of anilines is 1. The van der Waals surface area contributed by atoms with Gasteiger partial charge in [-0.05, 0) is 37.3 Å². The Morgan fingerprint density at radius 1 is 1.43 bits per heavy atom. The minimum Gasteiger partial charge on any atom is -0.397 e. The average molecular weight is 324 g/mol. The smallest absolute Gasteiger partial charge is 0.263 e. The second kappa shape index (κ2) is 6.62. The summed E-state index contributed by atoms with van der Waals surface area (Å²) in [4.78, 5) is 13.6. The molecule has 2 aromatic heterocycles. The zero-order valence-electron chi connectivity index (χ0n) is 12.7. The number of fused-ring (bicyclic) bond motifs is 1. The molecule has 0 aromatic carbocycles. The monoisotopic (exact) mass is 324 g/mol. The number of nitrogens with zero attached hydrogens (tertiary/aromatic N) is 2. The van der Waals surface area contributed by atoms with Gasteiger partial charge in [-0.25, -0.2) is 0 Å². The van der Waals surface area contributed by atoms with E-state index in [1.807, 2.05) is 13.8 Å². The van der Waals surface area contributed by atoms with Gasteiger partial charge in [0.2, 0.25) is 0 Å². The lowest BCUT2D eigenvalue weighted by Gasteiger charge is -2.10. The fourth-order valence-corrected chi connectivity index (χ4v) is 3.80. The Balaban J connectivity index is 2.24. The van der Waals surface area contributed by atoms with Crippen LogP contribution in [0, 0.1) is 19.8 Å². The highest BCUT2D eigenvalue weighted by Crippen LogP contribution is 2.34.